The highest BCUT2D eigenvalue weighted by Gasteiger charge is 2.12. The fourth-order valence-electron chi connectivity index (χ4n) is 1.57. The Morgan fingerprint density at radius 1 is 1.24 bits per heavy atom. The average Bonchev–Trinajstić information content (AvgIpc) is 2.78. The van der Waals surface area contributed by atoms with Crippen LogP contribution in [0.15, 0.2) is 29.4 Å². The maximum absolute atomic E-state index is 3.82. The van der Waals surface area contributed by atoms with Crippen molar-refractivity contribution < 1.29 is 0 Å². The zero-order valence-electron chi connectivity index (χ0n) is 10.5. The van der Waals surface area contributed by atoms with Crippen molar-refractivity contribution in [3.63, 3.8) is 0 Å². The molecule has 1 aromatic rings. The van der Waals surface area contributed by atoms with Crippen molar-refractivity contribution in [2.75, 3.05) is 12.0 Å². The molecule has 1 aromatic carbocycles. The summed E-state index contributed by atoms with van der Waals surface area (Å²) in [6.45, 7) is 7.30. The monoisotopic (exact) mass is 233 g/mol. The van der Waals surface area contributed by atoms with Gasteiger partial charge < -0.3 is 5.32 Å². The maximum Gasteiger partial charge on any atom is 0.130 e. The van der Waals surface area contributed by atoms with Gasteiger partial charge in [0.05, 0.1) is 0 Å². The van der Waals surface area contributed by atoms with Crippen LogP contribution in [-0.2, 0) is 5.41 Å². The Morgan fingerprint density at radius 2 is 1.94 bits per heavy atom. The summed E-state index contributed by atoms with van der Waals surface area (Å²) in [6.07, 6.45) is 1.69. The SMILES string of the molecule is CC(C)(C)c1ccc(NCN2C=NNN2)cc1. The molecule has 0 spiro atoms. The summed E-state index contributed by atoms with van der Waals surface area (Å²) in [7, 11) is 0. The van der Waals surface area contributed by atoms with Crippen LogP contribution >= 0.6 is 0 Å². The van der Waals surface area contributed by atoms with Gasteiger partial charge in [-0.1, -0.05) is 32.9 Å². The van der Waals surface area contributed by atoms with Gasteiger partial charge >= 0.3 is 0 Å². The Bertz CT molecular complexity index is 390. The van der Waals surface area contributed by atoms with Crippen molar-refractivity contribution in [2.24, 2.45) is 5.10 Å². The molecule has 2 rings (SSSR count). The van der Waals surface area contributed by atoms with E-state index in [0.29, 0.717) is 6.67 Å². The van der Waals surface area contributed by atoms with Crippen molar-refractivity contribution >= 4 is 12.0 Å². The first-order valence-electron chi connectivity index (χ1n) is 5.70. The normalized spacial score (nSPS) is 14.9. The van der Waals surface area contributed by atoms with Crippen molar-refractivity contribution in [3.05, 3.63) is 29.8 Å². The van der Waals surface area contributed by atoms with E-state index in [9.17, 15) is 0 Å². The van der Waals surface area contributed by atoms with Crippen LogP contribution < -0.4 is 16.4 Å². The van der Waals surface area contributed by atoms with Crippen LogP contribution in [0.2, 0.25) is 0 Å². The van der Waals surface area contributed by atoms with Crippen LogP contribution in [0.5, 0.6) is 0 Å². The molecule has 0 atom stereocenters. The summed E-state index contributed by atoms with van der Waals surface area (Å²) in [5, 5.41) is 8.94. The molecule has 5 nitrogen and oxygen atoms in total. The van der Waals surface area contributed by atoms with Gasteiger partial charge in [-0.3, -0.25) is 5.01 Å². The zero-order chi connectivity index (χ0) is 12.3. The van der Waals surface area contributed by atoms with Crippen molar-refractivity contribution in [1.29, 1.82) is 0 Å². The van der Waals surface area contributed by atoms with Crippen molar-refractivity contribution in [3.8, 4) is 0 Å². The molecule has 3 N–H and O–H groups in total. The predicted molar refractivity (Wildman–Crippen MR) is 70.2 cm³/mol. The highest BCUT2D eigenvalue weighted by molar-refractivity contribution is 5.56. The molecule has 0 fully saturated rings. The van der Waals surface area contributed by atoms with Crippen LogP contribution in [0, 0.1) is 0 Å². The summed E-state index contributed by atoms with van der Waals surface area (Å²) < 4.78 is 0. The second-order valence-electron chi connectivity index (χ2n) is 5.10. The standard InChI is InChI=1S/C12H19N5/c1-12(2,3)10-4-6-11(7-5-10)13-8-17-9-14-15-16-17/h4-7,9,13,15-16H,8H2,1-3H3. The molecule has 5 heteroatoms. The maximum atomic E-state index is 3.82. The third-order valence-electron chi connectivity index (χ3n) is 2.66. The van der Waals surface area contributed by atoms with Gasteiger partial charge in [-0.2, -0.15) is 5.10 Å². The molecule has 0 saturated carbocycles. The summed E-state index contributed by atoms with van der Waals surface area (Å²) >= 11 is 0. The lowest BCUT2D eigenvalue weighted by Gasteiger charge is -2.20. The number of nitrogens with one attached hydrogen (secondary N) is 3. The molecule has 0 unspecified atom stereocenters. The molecule has 0 amide bonds. The molecule has 1 heterocycles. The van der Waals surface area contributed by atoms with Gasteiger partial charge in [0.2, 0.25) is 0 Å². The number of hydrogen-bond donors (Lipinski definition) is 3. The molecule has 0 aromatic heterocycles. The van der Waals surface area contributed by atoms with E-state index in [1.54, 1.807) is 6.34 Å². The lowest BCUT2D eigenvalue weighted by molar-refractivity contribution is 0.318. The van der Waals surface area contributed by atoms with E-state index in [0.717, 1.165) is 5.69 Å². The van der Waals surface area contributed by atoms with Crippen LogP contribution in [-0.4, -0.2) is 18.0 Å². The number of hydrazine groups is 2. The van der Waals surface area contributed by atoms with Gasteiger partial charge in [0.25, 0.3) is 0 Å². The van der Waals surface area contributed by atoms with Crippen molar-refractivity contribution in [1.82, 2.24) is 16.1 Å². The highest BCUT2D eigenvalue weighted by Crippen LogP contribution is 2.23. The van der Waals surface area contributed by atoms with E-state index >= 15 is 0 Å². The smallest absolute Gasteiger partial charge is 0.130 e. The Balaban J connectivity index is 1.91. The van der Waals surface area contributed by atoms with E-state index in [-0.39, 0.29) is 5.41 Å². The average molecular weight is 233 g/mol. The molecule has 0 radical (unpaired) electrons. The van der Waals surface area contributed by atoms with Crippen LogP contribution in [0.4, 0.5) is 5.69 Å². The summed E-state index contributed by atoms with van der Waals surface area (Å²) in [5.41, 5.74) is 8.14. The fraction of sp³-hybridized carbons (Fsp3) is 0.417. The van der Waals surface area contributed by atoms with E-state index < -0.39 is 0 Å². The van der Waals surface area contributed by atoms with Gasteiger partial charge in [-0.15, -0.1) is 5.53 Å². The minimum Gasteiger partial charge on any atom is -0.367 e. The first-order chi connectivity index (χ1) is 8.05. The number of benzene rings is 1. The second-order valence-corrected chi connectivity index (χ2v) is 5.10. The Morgan fingerprint density at radius 3 is 2.47 bits per heavy atom. The van der Waals surface area contributed by atoms with E-state index in [1.165, 1.54) is 5.56 Å². The quantitative estimate of drug-likeness (QED) is 0.742. The lowest BCUT2D eigenvalue weighted by Crippen LogP contribution is -2.40. The summed E-state index contributed by atoms with van der Waals surface area (Å²) in [4.78, 5) is 0. The summed E-state index contributed by atoms with van der Waals surface area (Å²) in [5.74, 6) is 0. The molecule has 1 aliphatic rings. The predicted octanol–water partition coefficient (Wildman–Crippen LogP) is 1.62. The summed E-state index contributed by atoms with van der Waals surface area (Å²) in [6, 6.07) is 8.51. The molecule has 0 saturated heterocycles. The zero-order valence-corrected chi connectivity index (χ0v) is 10.5. The number of rotatable bonds is 3. The Labute approximate surface area is 102 Å². The van der Waals surface area contributed by atoms with Gasteiger partial charge in [-0.25, -0.2) is 5.53 Å². The number of hydrazone groups is 1. The fourth-order valence-corrected chi connectivity index (χ4v) is 1.57. The minimum absolute atomic E-state index is 0.200. The molecule has 17 heavy (non-hydrogen) atoms. The molecule has 1 aliphatic heterocycles. The molecule has 0 bridgehead atoms. The van der Waals surface area contributed by atoms with Gasteiger partial charge in [0, 0.05) is 5.69 Å². The lowest BCUT2D eigenvalue weighted by atomic mass is 9.87. The largest absolute Gasteiger partial charge is 0.367 e. The minimum atomic E-state index is 0.200. The first-order valence-corrected chi connectivity index (χ1v) is 5.70. The van der Waals surface area contributed by atoms with E-state index in [4.69, 9.17) is 0 Å². The van der Waals surface area contributed by atoms with Gasteiger partial charge in [-0.05, 0) is 23.1 Å². The third-order valence-corrected chi connectivity index (χ3v) is 2.66. The van der Waals surface area contributed by atoms with Crippen LogP contribution in [0.3, 0.4) is 0 Å². The number of nitrogens with zero attached hydrogens (tertiary/aromatic N) is 2. The molecule has 92 valence electrons. The Kier molecular flexibility index (Phi) is 3.19. The van der Waals surface area contributed by atoms with Gasteiger partial charge in [0.15, 0.2) is 0 Å². The molecule has 0 aliphatic carbocycles. The van der Waals surface area contributed by atoms with Crippen LogP contribution in [0.25, 0.3) is 0 Å². The van der Waals surface area contributed by atoms with E-state index in [2.05, 4.69) is 66.5 Å². The topological polar surface area (TPSA) is 51.7 Å². The van der Waals surface area contributed by atoms with Crippen molar-refractivity contribution in [2.45, 2.75) is 26.2 Å². The number of hydrogen-bond acceptors (Lipinski definition) is 5. The second kappa shape index (κ2) is 4.63. The Hall–Kier alpha value is -1.75. The number of anilines is 1. The highest BCUT2D eigenvalue weighted by atomic mass is 15.8. The van der Waals surface area contributed by atoms with Crippen LogP contribution in [0.1, 0.15) is 26.3 Å². The van der Waals surface area contributed by atoms with E-state index in [1.807, 2.05) is 5.01 Å². The van der Waals surface area contributed by atoms with Gasteiger partial charge in [0.1, 0.15) is 13.0 Å². The molecular formula is C12H19N5. The molecular weight excluding hydrogens is 214 g/mol. The first kappa shape index (κ1) is 11.7. The third kappa shape index (κ3) is 3.10.